The number of hydrogen-bond acceptors (Lipinski definition) is 3. The molecule has 1 saturated carbocycles. The second-order valence-corrected chi connectivity index (χ2v) is 5.83. The maximum absolute atomic E-state index is 11.9. The van der Waals surface area contributed by atoms with Crippen molar-refractivity contribution in [2.45, 2.75) is 37.8 Å². The van der Waals surface area contributed by atoms with Crippen molar-refractivity contribution in [2.75, 3.05) is 25.0 Å². The molecule has 0 aromatic heterocycles. The Morgan fingerprint density at radius 3 is 2.45 bits per heavy atom. The molecule has 1 aromatic carbocycles. The maximum Gasteiger partial charge on any atom is 0.239 e. The summed E-state index contributed by atoms with van der Waals surface area (Å²) in [5, 5.41) is 6.29. The van der Waals surface area contributed by atoms with Crippen LogP contribution in [0.1, 0.15) is 25.7 Å². The van der Waals surface area contributed by atoms with Gasteiger partial charge in [-0.05, 0) is 37.8 Å². The van der Waals surface area contributed by atoms with E-state index in [-0.39, 0.29) is 5.91 Å². The van der Waals surface area contributed by atoms with Crippen LogP contribution in [-0.4, -0.2) is 42.5 Å². The van der Waals surface area contributed by atoms with Crippen molar-refractivity contribution in [3.05, 3.63) is 30.3 Å². The number of nitrogens with one attached hydrogen (secondary N) is 2. The maximum atomic E-state index is 11.9. The summed E-state index contributed by atoms with van der Waals surface area (Å²) in [4.78, 5) is 14.5. The first-order chi connectivity index (χ1) is 9.81. The van der Waals surface area contributed by atoms with Gasteiger partial charge >= 0.3 is 0 Å². The highest BCUT2D eigenvalue weighted by Gasteiger charge is 2.31. The van der Waals surface area contributed by atoms with Crippen molar-refractivity contribution in [2.24, 2.45) is 0 Å². The second kappa shape index (κ2) is 6.27. The van der Waals surface area contributed by atoms with Crippen LogP contribution in [0.25, 0.3) is 0 Å². The van der Waals surface area contributed by atoms with Crippen LogP contribution in [-0.2, 0) is 4.79 Å². The van der Waals surface area contributed by atoms with Gasteiger partial charge < -0.3 is 15.5 Å². The number of anilines is 1. The summed E-state index contributed by atoms with van der Waals surface area (Å²) in [6.07, 6.45) is 4.93. The minimum absolute atomic E-state index is 0.0960. The van der Waals surface area contributed by atoms with Gasteiger partial charge in [-0.1, -0.05) is 18.2 Å². The van der Waals surface area contributed by atoms with Gasteiger partial charge in [-0.15, -0.1) is 0 Å². The standard InChI is InChI=1S/C16H23N3O/c20-16(12-17-13-4-2-1-3-5-13)18-14-8-10-19(11-9-14)15-6-7-15/h1-5,14-15,17H,6-12H2,(H,18,20). The molecule has 108 valence electrons. The van der Waals surface area contributed by atoms with Gasteiger partial charge in [0.15, 0.2) is 0 Å². The molecule has 1 amide bonds. The molecule has 1 heterocycles. The summed E-state index contributed by atoms with van der Waals surface area (Å²) in [5.74, 6) is 0.0960. The summed E-state index contributed by atoms with van der Waals surface area (Å²) in [5.41, 5.74) is 0.992. The average Bonchev–Trinajstić information content (AvgIpc) is 3.32. The number of carbonyl (C=O) groups excluding carboxylic acids is 1. The zero-order chi connectivity index (χ0) is 13.8. The lowest BCUT2D eigenvalue weighted by Gasteiger charge is -2.32. The minimum atomic E-state index is 0.0960. The van der Waals surface area contributed by atoms with Crippen LogP contribution in [0.4, 0.5) is 5.69 Å². The molecule has 2 N–H and O–H groups in total. The fourth-order valence-corrected chi connectivity index (χ4v) is 2.87. The number of para-hydroxylation sites is 1. The van der Waals surface area contributed by atoms with E-state index in [2.05, 4.69) is 15.5 Å². The first-order valence-electron chi connectivity index (χ1n) is 7.63. The van der Waals surface area contributed by atoms with Crippen molar-refractivity contribution in [1.29, 1.82) is 0 Å². The molecule has 20 heavy (non-hydrogen) atoms. The van der Waals surface area contributed by atoms with Crippen molar-refractivity contribution in [3.8, 4) is 0 Å². The molecular weight excluding hydrogens is 250 g/mol. The summed E-state index contributed by atoms with van der Waals surface area (Å²) in [6.45, 7) is 2.64. The lowest BCUT2D eigenvalue weighted by atomic mass is 10.0. The topological polar surface area (TPSA) is 44.4 Å². The molecule has 3 rings (SSSR count). The predicted octanol–water partition coefficient (Wildman–Crippen LogP) is 1.84. The summed E-state index contributed by atoms with van der Waals surface area (Å²) in [6, 6.07) is 11.1. The molecule has 0 spiro atoms. The highest BCUT2D eigenvalue weighted by Crippen LogP contribution is 2.29. The number of nitrogens with zero attached hydrogens (tertiary/aromatic N) is 1. The summed E-state index contributed by atoms with van der Waals surface area (Å²) >= 11 is 0. The number of rotatable bonds is 5. The third-order valence-corrected chi connectivity index (χ3v) is 4.18. The Balaban J connectivity index is 1.36. The van der Waals surface area contributed by atoms with Gasteiger partial charge in [-0.2, -0.15) is 0 Å². The fraction of sp³-hybridized carbons (Fsp3) is 0.562. The normalized spacial score (nSPS) is 20.6. The number of carbonyl (C=O) groups is 1. The quantitative estimate of drug-likeness (QED) is 0.860. The third-order valence-electron chi connectivity index (χ3n) is 4.18. The Hall–Kier alpha value is -1.55. The highest BCUT2D eigenvalue weighted by atomic mass is 16.1. The molecule has 0 radical (unpaired) electrons. The zero-order valence-corrected chi connectivity index (χ0v) is 11.8. The molecule has 1 saturated heterocycles. The summed E-state index contributed by atoms with van der Waals surface area (Å²) in [7, 11) is 0. The lowest BCUT2D eigenvalue weighted by Crippen LogP contribution is -2.46. The van der Waals surface area contributed by atoms with Crippen LogP contribution in [0.3, 0.4) is 0 Å². The molecular formula is C16H23N3O. The van der Waals surface area contributed by atoms with E-state index < -0.39 is 0 Å². The van der Waals surface area contributed by atoms with Crippen LogP contribution >= 0.6 is 0 Å². The van der Waals surface area contributed by atoms with E-state index in [1.165, 1.54) is 12.8 Å². The molecule has 0 atom stereocenters. The van der Waals surface area contributed by atoms with E-state index in [0.717, 1.165) is 37.7 Å². The van der Waals surface area contributed by atoms with E-state index >= 15 is 0 Å². The number of likely N-dealkylation sites (tertiary alicyclic amines) is 1. The van der Waals surface area contributed by atoms with E-state index in [4.69, 9.17) is 0 Å². The molecule has 2 aliphatic rings. The predicted molar refractivity (Wildman–Crippen MR) is 80.7 cm³/mol. The van der Waals surface area contributed by atoms with Crippen molar-refractivity contribution in [3.63, 3.8) is 0 Å². The lowest BCUT2D eigenvalue weighted by molar-refractivity contribution is -0.120. The fourth-order valence-electron chi connectivity index (χ4n) is 2.87. The van der Waals surface area contributed by atoms with Crippen LogP contribution in [0.2, 0.25) is 0 Å². The van der Waals surface area contributed by atoms with Gasteiger partial charge in [0, 0.05) is 30.9 Å². The largest absolute Gasteiger partial charge is 0.376 e. The van der Waals surface area contributed by atoms with Gasteiger partial charge in [0.2, 0.25) is 5.91 Å². The molecule has 0 unspecified atom stereocenters. The van der Waals surface area contributed by atoms with Gasteiger partial charge in [0.25, 0.3) is 0 Å². The molecule has 4 heteroatoms. The molecule has 4 nitrogen and oxygen atoms in total. The third kappa shape index (κ3) is 3.73. The van der Waals surface area contributed by atoms with Crippen molar-refractivity contribution in [1.82, 2.24) is 10.2 Å². The Morgan fingerprint density at radius 2 is 1.80 bits per heavy atom. The Kier molecular flexibility index (Phi) is 4.21. The summed E-state index contributed by atoms with van der Waals surface area (Å²) < 4.78 is 0. The second-order valence-electron chi connectivity index (χ2n) is 5.83. The van der Waals surface area contributed by atoms with Crippen molar-refractivity contribution >= 4 is 11.6 Å². The first-order valence-corrected chi connectivity index (χ1v) is 7.63. The monoisotopic (exact) mass is 273 g/mol. The number of amides is 1. The smallest absolute Gasteiger partial charge is 0.239 e. The highest BCUT2D eigenvalue weighted by molar-refractivity contribution is 5.80. The molecule has 2 fully saturated rings. The van der Waals surface area contributed by atoms with E-state index in [1.54, 1.807) is 0 Å². The molecule has 0 bridgehead atoms. The van der Waals surface area contributed by atoms with E-state index in [9.17, 15) is 4.79 Å². The van der Waals surface area contributed by atoms with E-state index in [1.807, 2.05) is 30.3 Å². The van der Waals surface area contributed by atoms with Gasteiger partial charge in [-0.25, -0.2) is 0 Å². The van der Waals surface area contributed by atoms with Crippen molar-refractivity contribution < 1.29 is 4.79 Å². The Bertz CT molecular complexity index is 436. The van der Waals surface area contributed by atoms with Crippen LogP contribution < -0.4 is 10.6 Å². The molecule has 1 aliphatic carbocycles. The zero-order valence-electron chi connectivity index (χ0n) is 11.8. The number of piperidine rings is 1. The van der Waals surface area contributed by atoms with Gasteiger partial charge in [0.05, 0.1) is 6.54 Å². The Labute approximate surface area is 120 Å². The van der Waals surface area contributed by atoms with Crippen LogP contribution in [0.15, 0.2) is 30.3 Å². The molecule has 1 aliphatic heterocycles. The first kappa shape index (κ1) is 13.4. The van der Waals surface area contributed by atoms with Crippen LogP contribution in [0.5, 0.6) is 0 Å². The molecule has 1 aromatic rings. The minimum Gasteiger partial charge on any atom is -0.376 e. The number of benzene rings is 1. The van der Waals surface area contributed by atoms with Gasteiger partial charge in [-0.3, -0.25) is 4.79 Å². The SMILES string of the molecule is O=C(CNc1ccccc1)NC1CCN(C2CC2)CC1. The van der Waals surface area contributed by atoms with E-state index in [0.29, 0.717) is 12.6 Å². The Morgan fingerprint density at radius 1 is 1.10 bits per heavy atom. The van der Waals surface area contributed by atoms with Crippen LogP contribution in [0, 0.1) is 0 Å². The average molecular weight is 273 g/mol. The number of hydrogen-bond donors (Lipinski definition) is 2. The van der Waals surface area contributed by atoms with Gasteiger partial charge in [0.1, 0.15) is 0 Å².